The number of amides is 1. The smallest absolute Gasteiger partial charge is 0.239 e. The minimum Gasteiger partial charge on any atom is -0.392 e. The van der Waals surface area contributed by atoms with Gasteiger partial charge in [-0.2, -0.15) is 0 Å². The van der Waals surface area contributed by atoms with Gasteiger partial charge in [0.1, 0.15) is 5.01 Å². The van der Waals surface area contributed by atoms with Crippen molar-refractivity contribution in [3.8, 4) is 0 Å². The summed E-state index contributed by atoms with van der Waals surface area (Å²) < 4.78 is 0. The molecule has 1 aromatic heterocycles. The number of nitrogens with two attached hydrogens (primary N) is 1. The molecule has 7 heteroatoms. The average Bonchev–Trinajstić information content (AvgIpc) is 2.71. The van der Waals surface area contributed by atoms with Crippen molar-refractivity contribution in [2.45, 2.75) is 33.1 Å². The molecule has 1 aliphatic rings. The summed E-state index contributed by atoms with van der Waals surface area (Å²) in [5.74, 6) is 0.338. The lowest BCUT2D eigenvalue weighted by molar-refractivity contribution is -0.127. The number of anilines is 1. The molecule has 0 saturated heterocycles. The molecule has 1 aromatic rings. The Morgan fingerprint density at radius 3 is 2.72 bits per heavy atom. The Labute approximate surface area is 115 Å². The molecule has 1 fully saturated rings. The van der Waals surface area contributed by atoms with Crippen LogP contribution in [0.25, 0.3) is 0 Å². The first kappa shape index (κ1) is 13.4. The highest BCUT2D eigenvalue weighted by Crippen LogP contribution is 2.46. The normalized spacial score (nSPS) is 26.4. The number of carbonyl (C=O) groups is 1. The summed E-state index contributed by atoms with van der Waals surface area (Å²) >= 11 is 6.42. The van der Waals surface area contributed by atoms with Crippen molar-refractivity contribution >= 4 is 39.6 Å². The van der Waals surface area contributed by atoms with Crippen LogP contribution in [0, 0.1) is 11.3 Å². The van der Waals surface area contributed by atoms with E-state index in [1.807, 2.05) is 6.92 Å². The molecule has 18 heavy (non-hydrogen) atoms. The van der Waals surface area contributed by atoms with Crippen molar-refractivity contribution in [1.82, 2.24) is 10.2 Å². The lowest BCUT2D eigenvalue weighted by Crippen LogP contribution is -2.53. The Kier molecular flexibility index (Phi) is 3.63. The SMILES string of the molecule is CCc1nnc(NC(=O)C2(C(N)=S)CC(C)C2)s1. The highest BCUT2D eigenvalue weighted by Gasteiger charge is 2.51. The van der Waals surface area contributed by atoms with Crippen LogP contribution in [0.2, 0.25) is 0 Å². The number of nitrogens with one attached hydrogen (secondary N) is 1. The van der Waals surface area contributed by atoms with Gasteiger partial charge in [0.15, 0.2) is 0 Å². The summed E-state index contributed by atoms with van der Waals surface area (Å²) in [6, 6.07) is 0. The van der Waals surface area contributed by atoms with Gasteiger partial charge in [0.05, 0.1) is 10.4 Å². The Morgan fingerprint density at radius 1 is 1.61 bits per heavy atom. The van der Waals surface area contributed by atoms with Gasteiger partial charge in [-0.3, -0.25) is 10.1 Å². The topological polar surface area (TPSA) is 80.9 Å². The van der Waals surface area contributed by atoms with Crippen LogP contribution in [0.1, 0.15) is 31.7 Å². The number of carbonyl (C=O) groups excluding carboxylic acids is 1. The first-order valence-corrected chi connectivity index (χ1v) is 7.14. The van der Waals surface area contributed by atoms with E-state index in [0.717, 1.165) is 11.4 Å². The standard InChI is InChI=1S/C11H16N4OS2/c1-3-7-14-15-10(18-7)13-9(16)11(8(12)17)4-6(2)5-11/h6H,3-5H2,1-2H3,(H2,12,17)(H,13,15,16). The number of thiocarbonyl (C=S) groups is 1. The third-order valence-electron chi connectivity index (χ3n) is 3.29. The molecule has 3 N–H and O–H groups in total. The van der Waals surface area contributed by atoms with Gasteiger partial charge in [-0.05, 0) is 25.2 Å². The largest absolute Gasteiger partial charge is 0.392 e. The molecule has 0 spiro atoms. The maximum atomic E-state index is 12.3. The lowest BCUT2D eigenvalue weighted by Gasteiger charge is -2.43. The van der Waals surface area contributed by atoms with Crippen LogP contribution in [0.3, 0.4) is 0 Å². The Hall–Kier alpha value is -1.08. The quantitative estimate of drug-likeness (QED) is 0.823. The van der Waals surface area contributed by atoms with Crippen LogP contribution in [0.15, 0.2) is 0 Å². The molecule has 0 atom stereocenters. The molecule has 0 unspecified atom stereocenters. The molecular weight excluding hydrogens is 268 g/mol. The number of rotatable bonds is 4. The van der Waals surface area contributed by atoms with E-state index < -0.39 is 5.41 Å². The molecule has 1 heterocycles. The van der Waals surface area contributed by atoms with Gasteiger partial charge < -0.3 is 5.73 Å². The zero-order valence-electron chi connectivity index (χ0n) is 10.4. The third-order valence-corrected chi connectivity index (χ3v) is 4.66. The van der Waals surface area contributed by atoms with Crippen LogP contribution in [-0.2, 0) is 11.2 Å². The summed E-state index contributed by atoms with van der Waals surface area (Å²) in [5, 5.41) is 12.1. The second-order valence-corrected chi connectivity index (χ2v) is 6.27. The first-order chi connectivity index (χ1) is 8.48. The predicted octanol–water partition coefficient (Wildman–Crippen LogP) is 1.74. The molecule has 0 aromatic carbocycles. The van der Waals surface area contributed by atoms with Crippen LogP contribution < -0.4 is 11.1 Å². The lowest BCUT2D eigenvalue weighted by atomic mass is 9.62. The summed E-state index contributed by atoms with van der Waals surface area (Å²) in [7, 11) is 0. The van der Waals surface area contributed by atoms with Crippen molar-refractivity contribution in [1.29, 1.82) is 0 Å². The summed E-state index contributed by atoms with van der Waals surface area (Å²) in [4.78, 5) is 12.5. The third kappa shape index (κ3) is 2.24. The fraction of sp³-hybridized carbons (Fsp3) is 0.636. The highest BCUT2D eigenvalue weighted by molar-refractivity contribution is 7.80. The van der Waals surface area contributed by atoms with Crippen molar-refractivity contribution in [3.05, 3.63) is 5.01 Å². The Bertz CT molecular complexity index is 479. The van der Waals surface area contributed by atoms with Gasteiger partial charge in [0.2, 0.25) is 11.0 Å². The molecule has 2 rings (SSSR count). The van der Waals surface area contributed by atoms with Crippen molar-refractivity contribution in [2.24, 2.45) is 17.1 Å². The molecule has 0 bridgehead atoms. The van der Waals surface area contributed by atoms with Crippen LogP contribution in [0.4, 0.5) is 5.13 Å². The number of aromatic nitrogens is 2. The van der Waals surface area contributed by atoms with Gasteiger partial charge >= 0.3 is 0 Å². The maximum Gasteiger partial charge on any atom is 0.239 e. The molecule has 1 saturated carbocycles. The van der Waals surface area contributed by atoms with Crippen LogP contribution in [-0.4, -0.2) is 21.1 Å². The molecule has 1 amide bonds. The maximum absolute atomic E-state index is 12.3. The molecular formula is C11H16N4OS2. The van der Waals surface area contributed by atoms with Crippen LogP contribution >= 0.6 is 23.6 Å². The number of hydrogen-bond donors (Lipinski definition) is 2. The van der Waals surface area contributed by atoms with E-state index in [1.165, 1.54) is 11.3 Å². The number of nitrogens with zero attached hydrogens (tertiary/aromatic N) is 2. The Morgan fingerprint density at radius 2 is 2.28 bits per heavy atom. The van der Waals surface area contributed by atoms with Gasteiger partial charge in [0, 0.05) is 0 Å². The minimum atomic E-state index is -0.688. The molecule has 0 aliphatic heterocycles. The van der Waals surface area contributed by atoms with Gasteiger partial charge in [-0.25, -0.2) is 0 Å². The summed E-state index contributed by atoms with van der Waals surface area (Å²) in [6.45, 7) is 4.08. The van der Waals surface area contributed by atoms with Gasteiger partial charge in [0.25, 0.3) is 0 Å². The highest BCUT2D eigenvalue weighted by atomic mass is 32.1. The van der Waals surface area contributed by atoms with Crippen LogP contribution in [0.5, 0.6) is 0 Å². The van der Waals surface area contributed by atoms with E-state index in [9.17, 15) is 4.79 Å². The zero-order chi connectivity index (χ0) is 13.3. The van der Waals surface area contributed by atoms with E-state index >= 15 is 0 Å². The zero-order valence-corrected chi connectivity index (χ0v) is 12.0. The predicted molar refractivity (Wildman–Crippen MR) is 75.5 cm³/mol. The first-order valence-electron chi connectivity index (χ1n) is 5.91. The van der Waals surface area contributed by atoms with E-state index in [0.29, 0.717) is 23.9 Å². The number of hydrogen-bond acceptors (Lipinski definition) is 5. The second kappa shape index (κ2) is 4.89. The summed E-state index contributed by atoms with van der Waals surface area (Å²) in [6.07, 6.45) is 2.24. The van der Waals surface area contributed by atoms with E-state index in [-0.39, 0.29) is 10.9 Å². The summed E-state index contributed by atoms with van der Waals surface area (Å²) in [5.41, 5.74) is 5.03. The fourth-order valence-corrected chi connectivity index (χ4v) is 3.23. The molecule has 5 nitrogen and oxygen atoms in total. The molecule has 98 valence electrons. The van der Waals surface area contributed by atoms with E-state index in [4.69, 9.17) is 18.0 Å². The monoisotopic (exact) mass is 284 g/mol. The molecule has 0 radical (unpaired) electrons. The number of aryl methyl sites for hydroxylation is 1. The fourth-order valence-electron chi connectivity index (χ4n) is 2.29. The van der Waals surface area contributed by atoms with Gasteiger partial charge in [-0.15, -0.1) is 10.2 Å². The van der Waals surface area contributed by atoms with Crippen molar-refractivity contribution in [2.75, 3.05) is 5.32 Å². The van der Waals surface area contributed by atoms with Gasteiger partial charge in [-0.1, -0.05) is 37.4 Å². The van der Waals surface area contributed by atoms with E-state index in [1.54, 1.807) is 0 Å². The van der Waals surface area contributed by atoms with E-state index in [2.05, 4.69) is 22.4 Å². The second-order valence-electron chi connectivity index (χ2n) is 4.77. The minimum absolute atomic E-state index is 0.146. The van der Waals surface area contributed by atoms with Crippen molar-refractivity contribution < 1.29 is 4.79 Å². The Balaban J connectivity index is 2.09. The molecule has 1 aliphatic carbocycles. The van der Waals surface area contributed by atoms with Crippen molar-refractivity contribution in [3.63, 3.8) is 0 Å². The average molecular weight is 284 g/mol.